The molecule has 2 aromatic carbocycles. The van der Waals surface area contributed by atoms with Gasteiger partial charge in [0.2, 0.25) is 11.9 Å². The Morgan fingerprint density at radius 1 is 1.13 bits per heavy atom. The normalized spacial score (nSPS) is 11.7. The highest BCUT2D eigenvalue weighted by Crippen LogP contribution is 2.39. The van der Waals surface area contributed by atoms with Gasteiger partial charge >= 0.3 is 6.18 Å². The Morgan fingerprint density at radius 2 is 1.90 bits per heavy atom. The number of hydrogen-bond acceptors (Lipinski definition) is 6. The first-order valence-electron chi connectivity index (χ1n) is 12.3. The number of H-pyrrole nitrogens is 1. The molecule has 4 aromatic rings. The first-order valence-corrected chi connectivity index (χ1v) is 12.3. The van der Waals surface area contributed by atoms with Crippen LogP contribution in [0.3, 0.4) is 0 Å². The quantitative estimate of drug-likeness (QED) is 0.229. The van der Waals surface area contributed by atoms with Crippen LogP contribution >= 0.6 is 0 Å². The van der Waals surface area contributed by atoms with Crippen LogP contribution in [0.1, 0.15) is 19.4 Å². The highest BCUT2D eigenvalue weighted by Gasteiger charge is 2.36. The third kappa shape index (κ3) is 6.28. The van der Waals surface area contributed by atoms with Crippen molar-refractivity contribution in [3.63, 3.8) is 0 Å². The molecule has 8 nitrogen and oxygen atoms in total. The molecule has 0 aliphatic carbocycles. The molecule has 0 aliphatic heterocycles. The minimum atomic E-state index is -4.73. The Balaban J connectivity index is 1.73. The predicted molar refractivity (Wildman–Crippen MR) is 145 cm³/mol. The molecular weight excluding hydrogens is 514 g/mol. The number of benzene rings is 2. The van der Waals surface area contributed by atoms with E-state index in [2.05, 4.69) is 35.4 Å². The summed E-state index contributed by atoms with van der Waals surface area (Å²) in [4.78, 5) is 26.9. The molecule has 2 aromatic heterocycles. The van der Waals surface area contributed by atoms with Crippen molar-refractivity contribution >= 4 is 39.8 Å². The van der Waals surface area contributed by atoms with Crippen LogP contribution in [0, 0.1) is 5.82 Å². The number of aromatic nitrogens is 3. The summed E-state index contributed by atoms with van der Waals surface area (Å²) in [5, 5.41) is 6.03. The molecule has 39 heavy (non-hydrogen) atoms. The van der Waals surface area contributed by atoms with E-state index in [1.54, 1.807) is 12.1 Å². The molecule has 0 saturated carbocycles. The van der Waals surface area contributed by atoms with Crippen LogP contribution in [-0.2, 0) is 11.0 Å². The topological polar surface area (TPSA) is 89.2 Å². The molecule has 0 fully saturated rings. The van der Waals surface area contributed by atoms with E-state index >= 15 is 0 Å². The van der Waals surface area contributed by atoms with E-state index in [0.29, 0.717) is 24.1 Å². The smallest absolute Gasteiger partial charge is 0.369 e. The second-order valence-corrected chi connectivity index (χ2v) is 9.24. The fraction of sp³-hybridized carbons (Fsp3) is 0.296. The first-order chi connectivity index (χ1) is 18.5. The molecule has 0 unspecified atom stereocenters. The number of likely N-dealkylation sites (N-methyl/N-ethyl adjacent to an activating group) is 2. The Labute approximate surface area is 223 Å². The van der Waals surface area contributed by atoms with Gasteiger partial charge < -0.3 is 25.4 Å². The van der Waals surface area contributed by atoms with Crippen LogP contribution in [0.15, 0.2) is 48.8 Å². The summed E-state index contributed by atoms with van der Waals surface area (Å²) in [6, 6.07) is 9.40. The summed E-state index contributed by atoms with van der Waals surface area (Å²) in [7, 11) is 3.95. The summed E-state index contributed by atoms with van der Waals surface area (Å²) in [6.45, 7) is 5.62. The molecular formula is C27H29F4N7O. The fourth-order valence-corrected chi connectivity index (χ4v) is 4.25. The van der Waals surface area contributed by atoms with Crippen LogP contribution in [0.4, 0.5) is 40.6 Å². The molecule has 0 atom stereocenters. The van der Waals surface area contributed by atoms with Gasteiger partial charge in [-0.15, -0.1) is 0 Å². The van der Waals surface area contributed by atoms with Crippen LogP contribution in [0.25, 0.3) is 22.2 Å². The number of rotatable bonds is 9. The van der Waals surface area contributed by atoms with Crippen molar-refractivity contribution in [1.29, 1.82) is 0 Å². The fourth-order valence-electron chi connectivity index (χ4n) is 4.25. The predicted octanol–water partition coefficient (Wildman–Crippen LogP) is 5.87. The SMILES string of the molecule is CCN(CCN(C)C)c1ccc(Nc2ncc(C(F)(F)F)c(-c3c[nH]c4c(F)cccc34)n2)cc1NC(C)=O. The second kappa shape index (κ2) is 11.3. The number of carbonyl (C=O) groups is 1. The van der Waals surface area contributed by atoms with Gasteiger partial charge in [-0.1, -0.05) is 12.1 Å². The van der Waals surface area contributed by atoms with Gasteiger partial charge in [0.1, 0.15) is 11.4 Å². The maximum atomic E-state index is 14.2. The molecule has 0 radical (unpaired) electrons. The lowest BCUT2D eigenvalue weighted by Gasteiger charge is -2.27. The molecule has 0 aliphatic rings. The van der Waals surface area contributed by atoms with Crippen molar-refractivity contribution < 1.29 is 22.4 Å². The third-order valence-electron chi connectivity index (χ3n) is 6.12. The number of carbonyl (C=O) groups excluding carboxylic acids is 1. The van der Waals surface area contributed by atoms with Gasteiger partial charge in [-0.3, -0.25) is 4.79 Å². The monoisotopic (exact) mass is 543 g/mol. The van der Waals surface area contributed by atoms with Gasteiger partial charge in [-0.05, 0) is 45.3 Å². The second-order valence-electron chi connectivity index (χ2n) is 9.24. The zero-order valence-electron chi connectivity index (χ0n) is 21.9. The summed E-state index contributed by atoms with van der Waals surface area (Å²) in [5.41, 5.74) is 0.530. The van der Waals surface area contributed by atoms with Gasteiger partial charge in [0.15, 0.2) is 0 Å². The standard InChI is InChI=1S/C27H29F4N7O/c1-5-38(12-11-37(3)4)23-10-9-17(13-22(23)34-16(2)39)35-26-33-15-20(27(29,30)31)24(36-26)19-14-32-25-18(19)7-6-8-21(25)28/h6-10,13-15,32H,5,11-12H2,1-4H3,(H,34,39)(H,33,35,36). The number of fused-ring (bicyclic) bond motifs is 1. The minimum absolute atomic E-state index is 0.0824. The van der Waals surface area contributed by atoms with Crippen molar-refractivity contribution in [2.75, 3.05) is 49.3 Å². The van der Waals surface area contributed by atoms with Crippen molar-refractivity contribution in [3.05, 3.63) is 60.2 Å². The van der Waals surface area contributed by atoms with Gasteiger partial charge in [0.25, 0.3) is 0 Å². The van der Waals surface area contributed by atoms with E-state index in [1.165, 1.54) is 31.3 Å². The number of hydrogen-bond donors (Lipinski definition) is 3. The Morgan fingerprint density at radius 3 is 2.56 bits per heavy atom. The van der Waals surface area contributed by atoms with Crippen LogP contribution in [-0.4, -0.2) is 59.5 Å². The van der Waals surface area contributed by atoms with Crippen molar-refractivity contribution in [1.82, 2.24) is 19.9 Å². The number of aromatic amines is 1. The number of nitrogens with zero attached hydrogens (tertiary/aromatic N) is 4. The van der Waals surface area contributed by atoms with E-state index in [4.69, 9.17) is 0 Å². The third-order valence-corrected chi connectivity index (χ3v) is 6.12. The van der Waals surface area contributed by atoms with Gasteiger partial charge in [-0.25, -0.2) is 14.4 Å². The lowest BCUT2D eigenvalue weighted by Crippen LogP contribution is -2.32. The Kier molecular flexibility index (Phi) is 8.05. The van der Waals surface area contributed by atoms with Gasteiger partial charge in [0.05, 0.1) is 22.6 Å². The molecule has 12 heteroatoms. The zero-order chi connectivity index (χ0) is 28.3. The molecule has 206 valence electrons. The summed E-state index contributed by atoms with van der Waals surface area (Å²) in [5.74, 6) is -0.945. The molecule has 0 bridgehead atoms. The molecule has 0 saturated heterocycles. The van der Waals surface area contributed by atoms with Crippen molar-refractivity contribution in [2.45, 2.75) is 20.0 Å². The number of alkyl halides is 3. The van der Waals surface area contributed by atoms with E-state index in [9.17, 15) is 22.4 Å². The Hall–Kier alpha value is -4.19. The number of halogens is 4. The number of para-hydroxylation sites is 1. The summed E-state index contributed by atoms with van der Waals surface area (Å²) < 4.78 is 55.9. The highest BCUT2D eigenvalue weighted by atomic mass is 19.4. The lowest BCUT2D eigenvalue weighted by atomic mass is 10.1. The van der Waals surface area contributed by atoms with Crippen molar-refractivity contribution in [3.8, 4) is 11.3 Å². The minimum Gasteiger partial charge on any atom is -0.369 e. The molecule has 4 rings (SSSR count). The van der Waals surface area contributed by atoms with Crippen LogP contribution in [0.2, 0.25) is 0 Å². The number of anilines is 4. The maximum absolute atomic E-state index is 14.2. The van der Waals surface area contributed by atoms with Gasteiger partial charge in [-0.2, -0.15) is 13.2 Å². The average Bonchev–Trinajstić information content (AvgIpc) is 3.30. The average molecular weight is 544 g/mol. The first kappa shape index (κ1) is 27.8. The summed E-state index contributed by atoms with van der Waals surface area (Å²) in [6.07, 6.45) is -2.74. The molecule has 0 spiro atoms. The van der Waals surface area contributed by atoms with Crippen LogP contribution < -0.4 is 15.5 Å². The zero-order valence-corrected chi connectivity index (χ0v) is 21.9. The van der Waals surface area contributed by atoms with Crippen LogP contribution in [0.5, 0.6) is 0 Å². The van der Waals surface area contributed by atoms with Crippen molar-refractivity contribution in [2.24, 2.45) is 0 Å². The van der Waals surface area contributed by atoms with E-state index in [-0.39, 0.29) is 28.3 Å². The Bertz CT molecular complexity index is 1480. The molecule has 1 amide bonds. The molecule has 3 N–H and O–H groups in total. The number of amides is 1. The van der Waals surface area contributed by atoms with E-state index in [0.717, 1.165) is 18.8 Å². The lowest BCUT2D eigenvalue weighted by molar-refractivity contribution is -0.137. The largest absolute Gasteiger partial charge is 0.419 e. The maximum Gasteiger partial charge on any atom is 0.419 e. The summed E-state index contributed by atoms with van der Waals surface area (Å²) >= 11 is 0. The number of nitrogens with one attached hydrogen (secondary N) is 3. The molecule has 2 heterocycles. The van der Waals surface area contributed by atoms with E-state index < -0.39 is 23.3 Å². The van der Waals surface area contributed by atoms with E-state index in [1.807, 2.05) is 27.1 Å². The van der Waals surface area contributed by atoms with Gasteiger partial charge in [0, 0.05) is 55.6 Å². The highest BCUT2D eigenvalue weighted by molar-refractivity contribution is 5.96.